The monoisotopic (exact) mass is 324 g/mol. The topological polar surface area (TPSA) is 51.2 Å². The molecular weight excluding hydrogens is 311 g/mol. The van der Waals surface area contributed by atoms with Gasteiger partial charge in [-0.2, -0.15) is 0 Å². The van der Waals surface area contributed by atoms with E-state index in [1.807, 2.05) is 13.0 Å². The molecule has 4 nitrogen and oxygen atoms in total. The molecule has 21 heavy (non-hydrogen) atoms. The Bertz CT molecular complexity index is 645. The Labute approximate surface area is 133 Å². The van der Waals surface area contributed by atoms with Gasteiger partial charge >= 0.3 is 0 Å². The number of pyridine rings is 1. The first kappa shape index (κ1) is 15.6. The fourth-order valence-corrected chi connectivity index (χ4v) is 2.09. The van der Waals surface area contributed by atoms with Crippen LogP contribution in [0.25, 0.3) is 0 Å². The van der Waals surface area contributed by atoms with Crippen LogP contribution in [0, 0.1) is 0 Å². The predicted molar refractivity (Wildman–Crippen MR) is 83.1 cm³/mol. The molecule has 1 aromatic carbocycles. The van der Waals surface area contributed by atoms with Crippen molar-refractivity contribution in [2.45, 2.75) is 13.0 Å². The van der Waals surface area contributed by atoms with Crippen molar-refractivity contribution in [3.05, 3.63) is 57.7 Å². The van der Waals surface area contributed by atoms with Crippen LogP contribution >= 0.6 is 23.2 Å². The summed E-state index contributed by atoms with van der Waals surface area (Å²) in [6, 6.07) is 8.36. The zero-order valence-corrected chi connectivity index (χ0v) is 13.1. The summed E-state index contributed by atoms with van der Waals surface area (Å²) in [5, 5.41) is 3.82. The summed E-state index contributed by atoms with van der Waals surface area (Å²) in [4.78, 5) is 16.1. The Morgan fingerprint density at radius 3 is 2.57 bits per heavy atom. The van der Waals surface area contributed by atoms with Crippen LogP contribution in [0.1, 0.15) is 28.9 Å². The number of benzene rings is 1. The normalized spacial score (nSPS) is 11.8. The highest BCUT2D eigenvalue weighted by molar-refractivity contribution is 6.42. The minimum Gasteiger partial charge on any atom is -0.481 e. The molecule has 0 aliphatic rings. The molecule has 6 heteroatoms. The third-order valence-electron chi connectivity index (χ3n) is 3.00. The fraction of sp³-hybridized carbons (Fsp3) is 0.200. The van der Waals surface area contributed by atoms with Gasteiger partial charge in [0, 0.05) is 12.3 Å². The number of carbonyl (C=O) groups excluding carboxylic acids is 1. The number of amides is 1. The molecule has 2 aromatic rings. The van der Waals surface area contributed by atoms with Gasteiger partial charge < -0.3 is 10.1 Å². The zero-order chi connectivity index (χ0) is 15.4. The van der Waals surface area contributed by atoms with Gasteiger partial charge in [-0.1, -0.05) is 29.3 Å². The van der Waals surface area contributed by atoms with Crippen molar-refractivity contribution >= 4 is 29.1 Å². The third kappa shape index (κ3) is 3.86. The van der Waals surface area contributed by atoms with Gasteiger partial charge in [0.15, 0.2) is 0 Å². The number of hydrogen-bond acceptors (Lipinski definition) is 3. The standard InChI is InChI=1S/C15H14Cl2N2O2/c1-9(10-3-5-12(16)13(17)7-10)19-15(20)11-4-6-14(21-2)18-8-11/h3-9H,1-2H3,(H,19,20)/t9-/m1/s1. The van der Waals surface area contributed by atoms with Crippen LogP contribution < -0.4 is 10.1 Å². The number of ether oxygens (including phenoxy) is 1. The van der Waals surface area contributed by atoms with E-state index >= 15 is 0 Å². The largest absolute Gasteiger partial charge is 0.481 e. The molecule has 110 valence electrons. The maximum Gasteiger partial charge on any atom is 0.253 e. The average molecular weight is 325 g/mol. The summed E-state index contributed by atoms with van der Waals surface area (Å²) < 4.78 is 4.95. The molecule has 0 fully saturated rings. The average Bonchev–Trinajstić information content (AvgIpc) is 2.50. The Kier molecular flexibility index (Phi) is 5.04. The van der Waals surface area contributed by atoms with Crippen molar-refractivity contribution in [2.24, 2.45) is 0 Å². The van der Waals surface area contributed by atoms with Gasteiger partial charge in [-0.05, 0) is 30.7 Å². The molecule has 0 unspecified atom stereocenters. The van der Waals surface area contributed by atoms with Gasteiger partial charge in [-0.3, -0.25) is 4.79 Å². The lowest BCUT2D eigenvalue weighted by Gasteiger charge is -2.15. The number of aromatic nitrogens is 1. The minimum atomic E-state index is -0.219. The molecule has 1 N–H and O–H groups in total. The zero-order valence-electron chi connectivity index (χ0n) is 11.6. The summed E-state index contributed by atoms with van der Waals surface area (Å²) in [5.74, 6) is 0.243. The highest BCUT2D eigenvalue weighted by Crippen LogP contribution is 2.25. The molecule has 0 saturated heterocycles. The third-order valence-corrected chi connectivity index (χ3v) is 3.74. The molecule has 2 rings (SSSR count). The second-order valence-electron chi connectivity index (χ2n) is 4.46. The van der Waals surface area contributed by atoms with E-state index in [-0.39, 0.29) is 11.9 Å². The van der Waals surface area contributed by atoms with E-state index in [4.69, 9.17) is 27.9 Å². The summed E-state index contributed by atoms with van der Waals surface area (Å²) in [5.41, 5.74) is 1.34. The van der Waals surface area contributed by atoms with Crippen LogP contribution in [0.2, 0.25) is 10.0 Å². The van der Waals surface area contributed by atoms with E-state index in [1.165, 1.54) is 13.3 Å². The van der Waals surface area contributed by atoms with Crippen molar-refractivity contribution in [3.63, 3.8) is 0 Å². The second-order valence-corrected chi connectivity index (χ2v) is 5.27. The van der Waals surface area contributed by atoms with Crippen LogP contribution in [0.5, 0.6) is 5.88 Å². The Morgan fingerprint density at radius 2 is 2.00 bits per heavy atom. The minimum absolute atomic E-state index is 0.200. The Morgan fingerprint density at radius 1 is 1.24 bits per heavy atom. The van der Waals surface area contributed by atoms with Gasteiger partial charge in [-0.15, -0.1) is 0 Å². The van der Waals surface area contributed by atoms with Crippen LogP contribution in [0.15, 0.2) is 36.5 Å². The van der Waals surface area contributed by atoms with Gasteiger partial charge in [0.1, 0.15) is 0 Å². The van der Waals surface area contributed by atoms with Gasteiger partial charge in [-0.25, -0.2) is 4.98 Å². The van der Waals surface area contributed by atoms with E-state index in [0.717, 1.165) is 5.56 Å². The van der Waals surface area contributed by atoms with Gasteiger partial charge in [0.25, 0.3) is 5.91 Å². The first-order valence-corrected chi connectivity index (χ1v) is 7.02. The molecule has 0 spiro atoms. The van der Waals surface area contributed by atoms with Crippen LogP contribution in [-0.2, 0) is 0 Å². The van der Waals surface area contributed by atoms with E-state index in [0.29, 0.717) is 21.5 Å². The van der Waals surface area contributed by atoms with Crippen LogP contribution in [-0.4, -0.2) is 18.0 Å². The molecule has 1 aromatic heterocycles. The number of carbonyl (C=O) groups is 1. The lowest BCUT2D eigenvalue weighted by molar-refractivity contribution is 0.0939. The molecule has 0 bridgehead atoms. The lowest BCUT2D eigenvalue weighted by Crippen LogP contribution is -2.26. The van der Waals surface area contributed by atoms with E-state index in [2.05, 4.69) is 10.3 Å². The Balaban J connectivity index is 2.08. The van der Waals surface area contributed by atoms with E-state index < -0.39 is 0 Å². The SMILES string of the molecule is COc1ccc(C(=O)N[C@H](C)c2ccc(Cl)c(Cl)c2)cn1. The van der Waals surface area contributed by atoms with Crippen LogP contribution in [0.3, 0.4) is 0 Å². The summed E-state index contributed by atoms with van der Waals surface area (Å²) >= 11 is 11.9. The number of halogens is 2. The van der Waals surface area contributed by atoms with Crippen molar-refractivity contribution in [1.29, 1.82) is 0 Å². The van der Waals surface area contributed by atoms with Crippen molar-refractivity contribution in [1.82, 2.24) is 10.3 Å². The van der Waals surface area contributed by atoms with Crippen molar-refractivity contribution in [3.8, 4) is 5.88 Å². The van der Waals surface area contributed by atoms with Crippen LogP contribution in [0.4, 0.5) is 0 Å². The highest BCUT2D eigenvalue weighted by atomic mass is 35.5. The molecule has 0 radical (unpaired) electrons. The molecule has 1 atom stereocenters. The predicted octanol–water partition coefficient (Wildman–Crippen LogP) is 3.89. The second kappa shape index (κ2) is 6.78. The smallest absolute Gasteiger partial charge is 0.253 e. The van der Waals surface area contributed by atoms with Crippen molar-refractivity contribution in [2.75, 3.05) is 7.11 Å². The molecule has 1 amide bonds. The number of nitrogens with one attached hydrogen (secondary N) is 1. The van der Waals surface area contributed by atoms with E-state index in [9.17, 15) is 4.79 Å². The van der Waals surface area contributed by atoms with Crippen molar-refractivity contribution < 1.29 is 9.53 Å². The highest BCUT2D eigenvalue weighted by Gasteiger charge is 2.13. The molecular formula is C15H14Cl2N2O2. The maximum atomic E-state index is 12.1. The van der Waals surface area contributed by atoms with Gasteiger partial charge in [0.2, 0.25) is 5.88 Å². The molecule has 1 heterocycles. The molecule has 0 aliphatic heterocycles. The molecule has 0 aliphatic carbocycles. The summed E-state index contributed by atoms with van der Waals surface area (Å²) in [6.07, 6.45) is 1.47. The lowest BCUT2D eigenvalue weighted by atomic mass is 10.1. The molecule has 0 saturated carbocycles. The summed E-state index contributed by atoms with van der Waals surface area (Å²) in [6.45, 7) is 1.87. The number of methoxy groups -OCH3 is 1. The first-order chi connectivity index (χ1) is 10.0. The van der Waals surface area contributed by atoms with E-state index in [1.54, 1.807) is 24.3 Å². The summed E-state index contributed by atoms with van der Waals surface area (Å²) in [7, 11) is 1.52. The number of hydrogen-bond donors (Lipinski definition) is 1. The quantitative estimate of drug-likeness (QED) is 0.928. The van der Waals surface area contributed by atoms with Gasteiger partial charge in [0.05, 0.1) is 28.8 Å². The fourth-order valence-electron chi connectivity index (χ4n) is 1.78. The Hall–Kier alpha value is -1.78. The number of nitrogens with zero attached hydrogens (tertiary/aromatic N) is 1. The first-order valence-electron chi connectivity index (χ1n) is 6.27. The maximum absolute atomic E-state index is 12.1. The number of rotatable bonds is 4.